The summed E-state index contributed by atoms with van der Waals surface area (Å²) in [6.45, 7) is 13.4. The van der Waals surface area contributed by atoms with Gasteiger partial charge >= 0.3 is 6.85 Å². The maximum atomic E-state index is 7.31. The molecule has 11 aromatic rings. The third kappa shape index (κ3) is 5.20. The molecule has 308 valence electrons. The van der Waals surface area contributed by atoms with Gasteiger partial charge in [0.05, 0.1) is 11.4 Å². The van der Waals surface area contributed by atoms with Crippen LogP contribution >= 0.6 is 0 Å². The number of rotatable bonds is 3. The molecule has 0 saturated carbocycles. The van der Waals surface area contributed by atoms with E-state index in [0.717, 1.165) is 117 Å². The zero-order chi connectivity index (χ0) is 43.2. The Morgan fingerprint density at radius 3 is 1.70 bits per heavy atom. The summed E-state index contributed by atoms with van der Waals surface area (Å²) < 4.78 is 21.5. The number of anilines is 5. The van der Waals surface area contributed by atoms with Crippen molar-refractivity contribution in [2.75, 3.05) is 9.71 Å². The van der Waals surface area contributed by atoms with Gasteiger partial charge < -0.3 is 18.1 Å². The van der Waals surface area contributed by atoms with Gasteiger partial charge in [-0.05, 0) is 99.2 Å². The monoisotopic (exact) mass is 828 g/mol. The predicted molar refractivity (Wildman–Crippen MR) is 267 cm³/mol. The van der Waals surface area contributed by atoms with Crippen molar-refractivity contribution in [3.05, 3.63) is 175 Å². The van der Waals surface area contributed by atoms with Crippen molar-refractivity contribution in [1.82, 2.24) is 0 Å². The molecule has 13 rings (SSSR count). The lowest BCUT2D eigenvalue weighted by molar-refractivity contribution is 0.590. The van der Waals surface area contributed by atoms with Gasteiger partial charge in [0, 0.05) is 54.9 Å². The maximum Gasteiger partial charge on any atom is 0.337 e. The number of fused-ring (bicyclic) bond motifs is 14. The largest absolute Gasteiger partial charge is 0.455 e. The summed E-state index contributed by atoms with van der Waals surface area (Å²) in [5.74, 6) is 0.780. The van der Waals surface area contributed by atoms with Crippen LogP contribution in [0.1, 0.15) is 52.7 Å². The molecule has 0 amide bonds. The third-order valence-corrected chi connectivity index (χ3v) is 13.8. The minimum absolute atomic E-state index is 0.0102. The second-order valence-corrected chi connectivity index (χ2v) is 19.7. The first-order valence-corrected chi connectivity index (χ1v) is 22.4. The zero-order valence-electron chi connectivity index (χ0n) is 36.8. The van der Waals surface area contributed by atoms with Gasteiger partial charge in [-0.2, -0.15) is 0 Å². The third-order valence-electron chi connectivity index (χ3n) is 13.8. The van der Waals surface area contributed by atoms with Crippen LogP contribution in [-0.4, -0.2) is 6.85 Å². The Labute approximate surface area is 372 Å². The lowest BCUT2D eigenvalue weighted by Gasteiger charge is -2.44. The van der Waals surface area contributed by atoms with Crippen molar-refractivity contribution in [2.45, 2.75) is 52.4 Å². The van der Waals surface area contributed by atoms with Crippen molar-refractivity contribution >= 4 is 101 Å². The molecule has 3 aromatic heterocycles. The second kappa shape index (κ2) is 13.1. The summed E-state index contributed by atoms with van der Waals surface area (Å²) in [5, 5.41) is 5.37. The van der Waals surface area contributed by atoms with Crippen LogP contribution in [0.4, 0.5) is 28.6 Å². The molecule has 64 heavy (non-hydrogen) atoms. The van der Waals surface area contributed by atoms with E-state index in [4.69, 9.17) is 13.3 Å². The van der Waals surface area contributed by atoms with Gasteiger partial charge in [-0.15, -0.1) is 0 Å². The number of para-hydroxylation sites is 3. The average molecular weight is 829 g/mol. The van der Waals surface area contributed by atoms with E-state index in [-0.39, 0.29) is 17.7 Å². The first-order valence-electron chi connectivity index (χ1n) is 22.4. The molecule has 0 N–H and O–H groups in total. The van der Waals surface area contributed by atoms with Crippen LogP contribution in [0.2, 0.25) is 0 Å². The lowest BCUT2D eigenvalue weighted by atomic mass is 9.43. The molecule has 0 atom stereocenters. The molecule has 0 saturated heterocycles. The van der Waals surface area contributed by atoms with Gasteiger partial charge in [0.15, 0.2) is 5.58 Å². The topological polar surface area (TPSA) is 45.9 Å². The van der Waals surface area contributed by atoms with Crippen molar-refractivity contribution < 1.29 is 13.3 Å². The number of furan rings is 3. The quantitative estimate of drug-likeness (QED) is 0.166. The molecule has 8 aromatic carbocycles. The number of benzene rings is 8. The molecular weight excluding hydrogens is 783 g/mol. The van der Waals surface area contributed by atoms with Gasteiger partial charge in [0.1, 0.15) is 22.3 Å². The van der Waals surface area contributed by atoms with Gasteiger partial charge in [-0.1, -0.05) is 145 Å². The van der Waals surface area contributed by atoms with E-state index in [1.54, 1.807) is 0 Å². The normalized spacial score (nSPS) is 13.7. The van der Waals surface area contributed by atoms with Crippen LogP contribution in [0.15, 0.2) is 177 Å². The highest BCUT2D eigenvalue weighted by atomic mass is 16.4. The molecular formula is C58H45BN2O3. The fourth-order valence-electron chi connectivity index (χ4n) is 10.6. The summed E-state index contributed by atoms with van der Waals surface area (Å²) >= 11 is 0. The first-order chi connectivity index (χ1) is 31.0. The molecule has 0 radical (unpaired) electrons. The van der Waals surface area contributed by atoms with Crippen molar-refractivity contribution in [1.29, 1.82) is 0 Å². The summed E-state index contributed by atoms with van der Waals surface area (Å²) in [6, 6.07) is 59.2. The lowest BCUT2D eigenvalue weighted by Crippen LogP contribution is -2.61. The Bertz CT molecular complexity index is 3710. The van der Waals surface area contributed by atoms with Crippen molar-refractivity contribution in [3.8, 4) is 22.3 Å². The Balaban J connectivity index is 1.24. The van der Waals surface area contributed by atoms with Crippen LogP contribution in [0, 0.1) is 0 Å². The Hall–Kier alpha value is -7.44. The highest BCUT2D eigenvalue weighted by Crippen LogP contribution is 2.55. The minimum atomic E-state index is -0.304. The molecule has 5 heterocycles. The van der Waals surface area contributed by atoms with Crippen LogP contribution < -0.4 is 20.6 Å². The van der Waals surface area contributed by atoms with Gasteiger partial charge in [-0.25, -0.2) is 0 Å². The van der Waals surface area contributed by atoms with E-state index >= 15 is 0 Å². The molecule has 2 aliphatic heterocycles. The van der Waals surface area contributed by atoms with Crippen molar-refractivity contribution in [2.24, 2.45) is 0 Å². The highest BCUT2D eigenvalue weighted by Gasteiger charge is 2.50. The van der Waals surface area contributed by atoms with Crippen LogP contribution in [-0.2, 0) is 10.8 Å². The van der Waals surface area contributed by atoms with Crippen LogP contribution in [0.25, 0.3) is 77.1 Å². The van der Waals surface area contributed by atoms with Crippen LogP contribution in [0.5, 0.6) is 0 Å². The van der Waals surface area contributed by atoms with E-state index < -0.39 is 0 Å². The van der Waals surface area contributed by atoms with Gasteiger partial charge in [0.25, 0.3) is 0 Å². The summed E-state index contributed by atoms with van der Waals surface area (Å²) in [7, 11) is 0. The average Bonchev–Trinajstić information content (AvgIpc) is 4.00. The Kier molecular flexibility index (Phi) is 7.58. The van der Waals surface area contributed by atoms with E-state index in [1.807, 2.05) is 0 Å². The fraction of sp³-hybridized carbons (Fsp3) is 0.138. The molecule has 0 spiro atoms. The minimum Gasteiger partial charge on any atom is -0.455 e. The second-order valence-electron chi connectivity index (χ2n) is 19.7. The maximum absolute atomic E-state index is 7.31. The van der Waals surface area contributed by atoms with E-state index in [9.17, 15) is 0 Å². The predicted octanol–water partition coefficient (Wildman–Crippen LogP) is 15.2. The summed E-state index contributed by atoms with van der Waals surface area (Å²) in [5.41, 5.74) is 17.5. The number of hydrogen-bond acceptors (Lipinski definition) is 5. The molecule has 2 aliphatic rings. The number of hydrogen-bond donors (Lipinski definition) is 0. The first kappa shape index (κ1) is 37.1. The Morgan fingerprint density at radius 2 is 1.02 bits per heavy atom. The molecule has 6 heteroatoms. The molecule has 0 fully saturated rings. The molecule has 0 bridgehead atoms. The fourth-order valence-corrected chi connectivity index (χ4v) is 10.6. The molecule has 0 unspecified atom stereocenters. The smallest absolute Gasteiger partial charge is 0.337 e. The summed E-state index contributed by atoms with van der Waals surface area (Å²) in [6.07, 6.45) is 0. The summed E-state index contributed by atoms with van der Waals surface area (Å²) in [4.78, 5) is 4.92. The van der Waals surface area contributed by atoms with Gasteiger partial charge in [-0.3, -0.25) is 4.90 Å². The Morgan fingerprint density at radius 1 is 0.438 bits per heavy atom. The molecule has 5 nitrogen and oxygen atoms in total. The van der Waals surface area contributed by atoms with E-state index in [0.29, 0.717) is 0 Å². The highest BCUT2D eigenvalue weighted by molar-refractivity contribution is 6.95. The molecule has 0 aliphatic carbocycles. The van der Waals surface area contributed by atoms with E-state index in [1.165, 1.54) is 11.1 Å². The van der Waals surface area contributed by atoms with Crippen LogP contribution in [0.3, 0.4) is 0 Å². The number of nitrogens with zero attached hydrogens (tertiary/aromatic N) is 2. The standard InChI is InChI=1S/C58H45BN2O3/c1-57(2,3)35-24-27-37(28-25-35)61-46-31-29-40-38-18-10-13-21-47(38)62-54(40)50(46)44-33-43-39-19-11-14-22-48(39)63-55(43)53-51(44)59(61)52-41-20-12-15-23-49(41)64-56(52)60(53)45-30-26-36(58(4,5)6)32-42(45)34-16-8-7-9-17-34/h7-33H,1-6H3. The van der Waals surface area contributed by atoms with E-state index in [2.05, 4.69) is 215 Å². The zero-order valence-corrected chi connectivity index (χ0v) is 36.8. The van der Waals surface area contributed by atoms with Crippen molar-refractivity contribution in [3.63, 3.8) is 0 Å². The SMILES string of the molecule is CC(C)(C)c1ccc(N2B3c4c(cc5c(oc6ccccc65)c4N(c4ccc(C(C)(C)C)cc4-c4ccccc4)c4oc5ccccc5c43)-c3c2ccc2c3oc3ccccc32)cc1. The van der Waals surface area contributed by atoms with Gasteiger partial charge in [0.2, 0.25) is 5.88 Å².